The van der Waals surface area contributed by atoms with E-state index in [1.54, 1.807) is 13.1 Å². The second-order valence-corrected chi connectivity index (χ2v) is 5.64. The van der Waals surface area contributed by atoms with Crippen molar-refractivity contribution in [3.8, 4) is 0 Å². The van der Waals surface area contributed by atoms with Crippen LogP contribution in [0.1, 0.15) is 39.9 Å². The molecule has 0 spiro atoms. The maximum absolute atomic E-state index is 11.9. The van der Waals surface area contributed by atoms with Crippen molar-refractivity contribution in [2.45, 2.75) is 33.7 Å². The number of hydrogen-bond donors (Lipinski definition) is 3. The highest BCUT2D eigenvalue weighted by Gasteiger charge is 2.11. The number of amides is 1. The van der Waals surface area contributed by atoms with Gasteiger partial charge in [-0.25, -0.2) is 4.98 Å². The van der Waals surface area contributed by atoms with Crippen LogP contribution < -0.4 is 16.0 Å². The average Bonchev–Trinajstić information content (AvgIpc) is 3.15. The maximum atomic E-state index is 11.9. The van der Waals surface area contributed by atoms with Gasteiger partial charge in [-0.05, 0) is 33.3 Å². The molecule has 2 rings (SSSR count). The number of furan rings is 1. The Kier molecular flexibility index (Phi) is 9.17. The molecule has 0 atom stereocenters. The predicted octanol–water partition coefficient (Wildman–Crippen LogP) is 2.30. The monoisotopic (exact) mass is 475 g/mol. The topological polar surface area (TPSA) is 105 Å². The molecule has 9 heteroatoms. The average molecular weight is 475 g/mol. The van der Waals surface area contributed by atoms with Gasteiger partial charge in [0.05, 0.1) is 18.5 Å². The summed E-state index contributed by atoms with van der Waals surface area (Å²) in [5.41, 5.74) is 1.72. The number of aryl methyl sites for hydroxylation is 3. The van der Waals surface area contributed by atoms with E-state index >= 15 is 0 Å². The molecule has 3 N–H and O–H groups in total. The van der Waals surface area contributed by atoms with Gasteiger partial charge in [-0.1, -0.05) is 0 Å². The van der Waals surface area contributed by atoms with Gasteiger partial charge in [-0.15, -0.1) is 24.0 Å². The first-order chi connectivity index (χ1) is 12.0. The molecule has 0 saturated heterocycles. The van der Waals surface area contributed by atoms with Crippen LogP contribution in [0, 0.1) is 20.8 Å². The number of nitrogens with zero attached hydrogens (tertiary/aromatic N) is 2. The van der Waals surface area contributed by atoms with E-state index in [1.807, 2.05) is 20.8 Å². The van der Waals surface area contributed by atoms with Gasteiger partial charge in [0.15, 0.2) is 11.7 Å². The molecule has 144 valence electrons. The molecule has 0 aliphatic carbocycles. The number of carbonyl (C=O) groups is 1. The van der Waals surface area contributed by atoms with Gasteiger partial charge in [0, 0.05) is 25.7 Å². The molecular formula is C17H26IN5O3. The first-order valence-electron chi connectivity index (χ1n) is 8.21. The molecule has 0 fully saturated rings. The van der Waals surface area contributed by atoms with Crippen LogP contribution >= 0.6 is 24.0 Å². The number of guanidine groups is 1. The van der Waals surface area contributed by atoms with Gasteiger partial charge in [-0.3, -0.25) is 9.79 Å². The molecule has 2 aromatic heterocycles. The Morgan fingerprint density at radius 3 is 2.50 bits per heavy atom. The molecule has 0 aliphatic rings. The van der Waals surface area contributed by atoms with Crippen LogP contribution in [0.5, 0.6) is 0 Å². The first kappa shape index (κ1) is 22.0. The van der Waals surface area contributed by atoms with E-state index in [-0.39, 0.29) is 29.9 Å². The number of hydrogen-bond acceptors (Lipinski definition) is 5. The van der Waals surface area contributed by atoms with E-state index in [0.717, 1.165) is 23.4 Å². The third-order valence-electron chi connectivity index (χ3n) is 3.70. The molecule has 2 aromatic rings. The molecule has 0 unspecified atom stereocenters. The van der Waals surface area contributed by atoms with Crippen molar-refractivity contribution in [3.63, 3.8) is 0 Å². The number of carbonyl (C=O) groups excluding carboxylic acids is 1. The van der Waals surface area contributed by atoms with E-state index in [9.17, 15) is 4.79 Å². The van der Waals surface area contributed by atoms with Crippen molar-refractivity contribution in [3.05, 3.63) is 41.0 Å². The number of nitrogens with one attached hydrogen (secondary N) is 3. The number of aromatic nitrogens is 1. The number of halogens is 1. The summed E-state index contributed by atoms with van der Waals surface area (Å²) in [5, 5.41) is 9.14. The highest BCUT2D eigenvalue weighted by molar-refractivity contribution is 14.0. The summed E-state index contributed by atoms with van der Waals surface area (Å²) < 4.78 is 10.7. The predicted molar refractivity (Wildman–Crippen MR) is 110 cm³/mol. The standard InChI is InChI=1S/C17H25N5O3.HI/c1-11-6-9-24-15(11)16(23)19-7-5-8-20-17(18-4)21-10-14-22-12(2)13(3)25-14;/h6,9H,5,7-8,10H2,1-4H3,(H,19,23)(H2,18,20,21);1H. The SMILES string of the molecule is CN=C(NCCCNC(=O)c1occc1C)NCc1nc(C)c(C)o1.I. The van der Waals surface area contributed by atoms with Crippen LogP contribution in [0.2, 0.25) is 0 Å². The Bertz CT molecular complexity index is 719. The second-order valence-electron chi connectivity index (χ2n) is 5.64. The van der Waals surface area contributed by atoms with Crippen LogP contribution in [-0.4, -0.2) is 37.0 Å². The molecule has 2 heterocycles. The molecule has 1 amide bonds. The molecule has 0 aliphatic heterocycles. The van der Waals surface area contributed by atoms with Crippen LogP contribution in [0.4, 0.5) is 0 Å². The summed E-state index contributed by atoms with van der Waals surface area (Å²) in [6.07, 6.45) is 2.27. The van der Waals surface area contributed by atoms with Crippen LogP contribution in [0.25, 0.3) is 0 Å². The van der Waals surface area contributed by atoms with E-state index < -0.39 is 0 Å². The summed E-state index contributed by atoms with van der Waals surface area (Å²) in [6.45, 7) is 7.31. The third-order valence-corrected chi connectivity index (χ3v) is 3.70. The smallest absolute Gasteiger partial charge is 0.287 e. The van der Waals surface area contributed by atoms with Gasteiger partial charge in [-0.2, -0.15) is 0 Å². The third kappa shape index (κ3) is 6.36. The Morgan fingerprint density at radius 2 is 1.92 bits per heavy atom. The lowest BCUT2D eigenvalue weighted by molar-refractivity contribution is 0.0925. The minimum atomic E-state index is -0.195. The van der Waals surface area contributed by atoms with Crippen molar-refractivity contribution in [2.75, 3.05) is 20.1 Å². The van der Waals surface area contributed by atoms with E-state index in [0.29, 0.717) is 37.2 Å². The molecule has 26 heavy (non-hydrogen) atoms. The minimum absolute atomic E-state index is 0. The number of aliphatic imine (C=N–C) groups is 1. The molecule has 0 saturated carbocycles. The van der Waals surface area contributed by atoms with Crippen molar-refractivity contribution in [1.82, 2.24) is 20.9 Å². The summed E-state index contributed by atoms with van der Waals surface area (Å²) in [4.78, 5) is 20.3. The fourth-order valence-electron chi connectivity index (χ4n) is 2.18. The Balaban J connectivity index is 0.00000338. The summed E-state index contributed by atoms with van der Waals surface area (Å²) >= 11 is 0. The fourth-order valence-corrected chi connectivity index (χ4v) is 2.18. The number of rotatable bonds is 7. The zero-order valence-corrected chi connectivity index (χ0v) is 17.8. The van der Waals surface area contributed by atoms with Crippen LogP contribution in [0.3, 0.4) is 0 Å². The van der Waals surface area contributed by atoms with Crippen molar-refractivity contribution < 1.29 is 13.6 Å². The van der Waals surface area contributed by atoms with Gasteiger partial charge in [0.1, 0.15) is 5.76 Å². The van der Waals surface area contributed by atoms with E-state index in [4.69, 9.17) is 8.83 Å². The Morgan fingerprint density at radius 1 is 1.19 bits per heavy atom. The van der Waals surface area contributed by atoms with Gasteiger partial charge in [0.2, 0.25) is 5.89 Å². The van der Waals surface area contributed by atoms with Crippen molar-refractivity contribution in [2.24, 2.45) is 4.99 Å². The zero-order valence-electron chi connectivity index (χ0n) is 15.5. The lowest BCUT2D eigenvalue weighted by Gasteiger charge is -2.10. The van der Waals surface area contributed by atoms with Gasteiger partial charge < -0.3 is 24.8 Å². The highest BCUT2D eigenvalue weighted by atomic mass is 127. The van der Waals surface area contributed by atoms with Gasteiger partial charge >= 0.3 is 0 Å². The van der Waals surface area contributed by atoms with Crippen LogP contribution in [0.15, 0.2) is 26.2 Å². The highest BCUT2D eigenvalue weighted by Crippen LogP contribution is 2.08. The second kappa shape index (κ2) is 10.8. The van der Waals surface area contributed by atoms with E-state index in [1.165, 1.54) is 6.26 Å². The minimum Gasteiger partial charge on any atom is -0.459 e. The molecule has 8 nitrogen and oxygen atoms in total. The largest absolute Gasteiger partial charge is 0.459 e. The van der Waals surface area contributed by atoms with Crippen molar-refractivity contribution in [1.29, 1.82) is 0 Å². The molecule has 0 bridgehead atoms. The molecule has 0 aromatic carbocycles. The quantitative estimate of drug-likeness (QED) is 0.246. The zero-order chi connectivity index (χ0) is 18.2. The summed E-state index contributed by atoms with van der Waals surface area (Å²) in [5.74, 6) is 2.27. The Hall–Kier alpha value is -2.04. The normalized spacial score (nSPS) is 11.0. The molecule has 0 radical (unpaired) electrons. The van der Waals surface area contributed by atoms with Crippen LogP contribution in [-0.2, 0) is 6.54 Å². The molecular weight excluding hydrogens is 449 g/mol. The summed E-state index contributed by atoms with van der Waals surface area (Å²) in [6, 6.07) is 1.77. The fraction of sp³-hybridized carbons (Fsp3) is 0.471. The number of oxazole rings is 1. The van der Waals surface area contributed by atoms with Crippen molar-refractivity contribution >= 4 is 35.8 Å². The lowest BCUT2D eigenvalue weighted by atomic mass is 10.2. The summed E-state index contributed by atoms with van der Waals surface area (Å²) in [7, 11) is 1.70. The first-order valence-corrected chi connectivity index (χ1v) is 8.21. The Labute approximate surface area is 170 Å². The lowest BCUT2D eigenvalue weighted by Crippen LogP contribution is -2.38. The maximum Gasteiger partial charge on any atom is 0.287 e. The van der Waals surface area contributed by atoms with Gasteiger partial charge in [0.25, 0.3) is 5.91 Å². The van der Waals surface area contributed by atoms with E-state index in [2.05, 4.69) is 25.9 Å².